The van der Waals surface area contributed by atoms with Crippen molar-refractivity contribution in [2.75, 3.05) is 18.6 Å². The standard InChI is InChI=1S/C17H20N2O3/c1-11-16(12(2)22-18-11)17(20)19-9-5-4-6-13-7-8-14(21-3)10-15(13)19/h7-8,10H,4-6,9H2,1-3H3. The highest BCUT2D eigenvalue weighted by Gasteiger charge is 2.27. The molecule has 1 aromatic heterocycles. The molecule has 2 heterocycles. The minimum absolute atomic E-state index is 0.0485. The first kappa shape index (κ1) is 14.6. The smallest absolute Gasteiger partial charge is 0.263 e. The Labute approximate surface area is 129 Å². The number of methoxy groups -OCH3 is 1. The van der Waals surface area contributed by atoms with Gasteiger partial charge >= 0.3 is 0 Å². The predicted molar refractivity (Wildman–Crippen MR) is 83.6 cm³/mol. The van der Waals surface area contributed by atoms with Gasteiger partial charge in [0.05, 0.1) is 18.5 Å². The Morgan fingerprint density at radius 3 is 2.82 bits per heavy atom. The summed E-state index contributed by atoms with van der Waals surface area (Å²) in [4.78, 5) is 14.8. The normalized spacial score (nSPS) is 14.4. The van der Waals surface area contributed by atoms with E-state index in [1.165, 1.54) is 5.56 Å². The second-order valence-corrected chi connectivity index (χ2v) is 5.61. The van der Waals surface area contributed by atoms with Crippen LogP contribution in [0.1, 0.15) is 40.2 Å². The van der Waals surface area contributed by atoms with Crippen LogP contribution in [0.15, 0.2) is 22.7 Å². The molecule has 5 heteroatoms. The third-order valence-electron chi connectivity index (χ3n) is 4.15. The van der Waals surface area contributed by atoms with Crippen molar-refractivity contribution < 1.29 is 14.1 Å². The summed E-state index contributed by atoms with van der Waals surface area (Å²) >= 11 is 0. The minimum atomic E-state index is -0.0485. The lowest BCUT2D eigenvalue weighted by Gasteiger charge is -2.23. The maximum atomic E-state index is 13.0. The molecule has 0 bridgehead atoms. The molecular formula is C17H20N2O3. The van der Waals surface area contributed by atoms with Crippen molar-refractivity contribution in [2.24, 2.45) is 0 Å². The van der Waals surface area contributed by atoms with E-state index in [4.69, 9.17) is 9.26 Å². The molecule has 22 heavy (non-hydrogen) atoms. The van der Waals surface area contributed by atoms with Gasteiger partial charge in [-0.15, -0.1) is 0 Å². The Morgan fingerprint density at radius 2 is 2.14 bits per heavy atom. The maximum absolute atomic E-state index is 13.0. The van der Waals surface area contributed by atoms with Gasteiger partial charge in [-0.1, -0.05) is 11.2 Å². The van der Waals surface area contributed by atoms with Gasteiger partial charge < -0.3 is 14.2 Å². The lowest BCUT2D eigenvalue weighted by molar-refractivity contribution is 0.0985. The number of carbonyl (C=O) groups is 1. The molecule has 0 saturated heterocycles. The number of carbonyl (C=O) groups excluding carboxylic acids is 1. The fourth-order valence-electron chi connectivity index (χ4n) is 2.97. The number of aryl methyl sites for hydroxylation is 3. The zero-order valence-electron chi connectivity index (χ0n) is 13.2. The monoisotopic (exact) mass is 300 g/mol. The third kappa shape index (κ3) is 2.47. The Kier molecular flexibility index (Phi) is 3.88. The second kappa shape index (κ2) is 5.83. The van der Waals surface area contributed by atoms with E-state index >= 15 is 0 Å². The van der Waals surface area contributed by atoms with E-state index in [2.05, 4.69) is 5.16 Å². The molecule has 1 aromatic carbocycles. The number of anilines is 1. The van der Waals surface area contributed by atoms with E-state index in [1.54, 1.807) is 21.0 Å². The number of fused-ring (bicyclic) bond motifs is 1. The highest BCUT2D eigenvalue weighted by atomic mass is 16.5. The summed E-state index contributed by atoms with van der Waals surface area (Å²) in [5, 5.41) is 3.90. The van der Waals surface area contributed by atoms with Gasteiger partial charge in [-0.25, -0.2) is 0 Å². The molecule has 0 radical (unpaired) electrons. The summed E-state index contributed by atoms with van der Waals surface area (Å²) in [5.41, 5.74) is 3.31. The number of aromatic nitrogens is 1. The average molecular weight is 300 g/mol. The largest absolute Gasteiger partial charge is 0.497 e. The topological polar surface area (TPSA) is 55.6 Å². The zero-order chi connectivity index (χ0) is 15.7. The van der Waals surface area contributed by atoms with Crippen LogP contribution in [0.3, 0.4) is 0 Å². The summed E-state index contributed by atoms with van der Waals surface area (Å²) in [6.07, 6.45) is 3.03. The predicted octanol–water partition coefficient (Wildman–Crippen LogP) is 3.28. The lowest BCUT2D eigenvalue weighted by Crippen LogP contribution is -2.32. The summed E-state index contributed by atoms with van der Waals surface area (Å²) in [6, 6.07) is 5.94. The van der Waals surface area contributed by atoms with Crippen LogP contribution in [0.4, 0.5) is 5.69 Å². The highest BCUT2D eigenvalue weighted by Crippen LogP contribution is 2.32. The molecule has 116 valence electrons. The van der Waals surface area contributed by atoms with Crippen molar-refractivity contribution in [2.45, 2.75) is 33.1 Å². The summed E-state index contributed by atoms with van der Waals surface area (Å²) in [6.45, 7) is 4.27. The summed E-state index contributed by atoms with van der Waals surface area (Å²) < 4.78 is 10.5. The molecule has 3 rings (SSSR count). The number of benzene rings is 1. The zero-order valence-corrected chi connectivity index (χ0v) is 13.2. The van der Waals surface area contributed by atoms with Crippen LogP contribution < -0.4 is 9.64 Å². The summed E-state index contributed by atoms with van der Waals surface area (Å²) in [5.74, 6) is 1.28. The van der Waals surface area contributed by atoms with Gasteiger partial charge in [0.25, 0.3) is 5.91 Å². The average Bonchev–Trinajstić information content (AvgIpc) is 2.74. The minimum Gasteiger partial charge on any atom is -0.497 e. The van der Waals surface area contributed by atoms with E-state index in [9.17, 15) is 4.79 Å². The first-order valence-electron chi connectivity index (χ1n) is 7.53. The molecule has 1 aliphatic rings. The Hall–Kier alpha value is -2.30. The Bertz CT molecular complexity index is 686. The molecule has 5 nitrogen and oxygen atoms in total. The molecule has 0 unspecified atom stereocenters. The van der Waals surface area contributed by atoms with Gasteiger partial charge in [0.1, 0.15) is 17.1 Å². The number of ether oxygens (including phenoxy) is 1. The van der Waals surface area contributed by atoms with Gasteiger partial charge in [-0.3, -0.25) is 4.79 Å². The molecule has 0 saturated carbocycles. The Balaban J connectivity index is 2.06. The molecule has 0 aliphatic carbocycles. The second-order valence-electron chi connectivity index (χ2n) is 5.61. The molecular weight excluding hydrogens is 280 g/mol. The van der Waals surface area contributed by atoms with Gasteiger partial charge in [-0.05, 0) is 44.7 Å². The molecule has 1 aliphatic heterocycles. The van der Waals surface area contributed by atoms with Crippen LogP contribution in [0.2, 0.25) is 0 Å². The van der Waals surface area contributed by atoms with Crippen molar-refractivity contribution in [1.82, 2.24) is 5.16 Å². The maximum Gasteiger partial charge on any atom is 0.263 e. The van der Waals surface area contributed by atoms with Gasteiger partial charge in [0.15, 0.2) is 0 Å². The van der Waals surface area contributed by atoms with E-state index < -0.39 is 0 Å². The van der Waals surface area contributed by atoms with E-state index in [0.29, 0.717) is 23.6 Å². The molecule has 2 aromatic rings. The van der Waals surface area contributed by atoms with Crippen molar-refractivity contribution >= 4 is 11.6 Å². The van der Waals surface area contributed by atoms with Crippen molar-refractivity contribution in [1.29, 1.82) is 0 Å². The number of rotatable bonds is 2. The first-order valence-corrected chi connectivity index (χ1v) is 7.53. The fraction of sp³-hybridized carbons (Fsp3) is 0.412. The van der Waals surface area contributed by atoms with Crippen LogP contribution in [0.25, 0.3) is 0 Å². The van der Waals surface area contributed by atoms with E-state index in [-0.39, 0.29) is 5.91 Å². The first-order chi connectivity index (χ1) is 10.6. The number of nitrogens with zero attached hydrogens (tertiary/aromatic N) is 2. The molecule has 0 fully saturated rings. The quantitative estimate of drug-likeness (QED) is 0.854. The molecule has 0 atom stereocenters. The van der Waals surface area contributed by atoms with Gasteiger partial charge in [0, 0.05) is 12.6 Å². The SMILES string of the molecule is COc1ccc2c(c1)N(C(=O)c1c(C)noc1C)CCCC2. The van der Waals surface area contributed by atoms with Gasteiger partial charge in [-0.2, -0.15) is 0 Å². The third-order valence-corrected chi connectivity index (χ3v) is 4.15. The molecule has 0 spiro atoms. The molecule has 1 amide bonds. The van der Waals surface area contributed by atoms with Crippen LogP contribution >= 0.6 is 0 Å². The van der Waals surface area contributed by atoms with Crippen LogP contribution in [-0.2, 0) is 6.42 Å². The van der Waals surface area contributed by atoms with E-state index in [1.807, 2.05) is 23.1 Å². The van der Waals surface area contributed by atoms with Crippen molar-refractivity contribution in [3.8, 4) is 5.75 Å². The summed E-state index contributed by atoms with van der Waals surface area (Å²) in [7, 11) is 1.64. The fourth-order valence-corrected chi connectivity index (χ4v) is 2.97. The van der Waals surface area contributed by atoms with Crippen molar-refractivity contribution in [3.63, 3.8) is 0 Å². The number of hydrogen-bond acceptors (Lipinski definition) is 4. The number of amides is 1. The van der Waals surface area contributed by atoms with Crippen molar-refractivity contribution in [3.05, 3.63) is 40.8 Å². The van der Waals surface area contributed by atoms with Gasteiger partial charge in [0.2, 0.25) is 0 Å². The van der Waals surface area contributed by atoms with Crippen LogP contribution in [0, 0.1) is 13.8 Å². The lowest BCUT2D eigenvalue weighted by atomic mass is 10.1. The number of hydrogen-bond donors (Lipinski definition) is 0. The Morgan fingerprint density at radius 1 is 1.32 bits per heavy atom. The molecule has 0 N–H and O–H groups in total. The van der Waals surface area contributed by atoms with E-state index in [0.717, 1.165) is 30.7 Å². The van der Waals surface area contributed by atoms with Crippen LogP contribution in [-0.4, -0.2) is 24.7 Å². The highest BCUT2D eigenvalue weighted by molar-refractivity contribution is 6.08. The van der Waals surface area contributed by atoms with Crippen LogP contribution in [0.5, 0.6) is 5.75 Å².